The second kappa shape index (κ2) is 8.55. The summed E-state index contributed by atoms with van der Waals surface area (Å²) < 4.78 is 10.5. The van der Waals surface area contributed by atoms with Crippen LogP contribution in [0.5, 0.6) is 11.5 Å². The summed E-state index contributed by atoms with van der Waals surface area (Å²) in [5, 5.41) is 11.2. The molecule has 0 bridgehead atoms. The van der Waals surface area contributed by atoms with Crippen molar-refractivity contribution in [3.05, 3.63) is 89.3 Å². The SMILES string of the molecule is COc1ccc(N2C(=O)C(=O)/C(=C(\O)c3ccc(OC)c(C)c3)C2c2ccncc2)cc1. The number of pyridine rings is 1. The van der Waals surface area contributed by atoms with Gasteiger partial charge in [0, 0.05) is 23.6 Å². The fourth-order valence-electron chi connectivity index (χ4n) is 3.88. The summed E-state index contributed by atoms with van der Waals surface area (Å²) in [4.78, 5) is 31.7. The number of aliphatic hydroxyl groups excluding tert-OH is 1. The number of carbonyl (C=O) groups excluding carboxylic acids is 2. The van der Waals surface area contributed by atoms with Gasteiger partial charge < -0.3 is 14.6 Å². The fourth-order valence-corrected chi connectivity index (χ4v) is 3.88. The van der Waals surface area contributed by atoms with Crippen molar-refractivity contribution in [1.29, 1.82) is 0 Å². The maximum absolute atomic E-state index is 13.1. The molecule has 2 heterocycles. The zero-order valence-electron chi connectivity index (χ0n) is 17.9. The number of nitrogens with zero attached hydrogens (tertiary/aromatic N) is 2. The predicted octanol–water partition coefficient (Wildman–Crippen LogP) is 4.03. The average molecular weight is 430 g/mol. The van der Waals surface area contributed by atoms with E-state index in [2.05, 4.69) is 4.98 Å². The number of ketones is 1. The molecular weight excluding hydrogens is 408 g/mol. The van der Waals surface area contributed by atoms with Crippen LogP contribution in [0.3, 0.4) is 0 Å². The first kappa shape index (κ1) is 21.1. The number of amides is 1. The van der Waals surface area contributed by atoms with Gasteiger partial charge in [-0.3, -0.25) is 19.5 Å². The molecule has 0 spiro atoms. The summed E-state index contributed by atoms with van der Waals surface area (Å²) in [6, 6.07) is 14.6. The van der Waals surface area contributed by atoms with Crippen LogP contribution in [0, 0.1) is 6.92 Å². The molecule has 4 rings (SSSR count). The number of aliphatic hydroxyl groups is 1. The van der Waals surface area contributed by atoms with Crippen molar-refractivity contribution in [1.82, 2.24) is 4.98 Å². The van der Waals surface area contributed by atoms with Gasteiger partial charge in [-0.25, -0.2) is 0 Å². The second-order valence-corrected chi connectivity index (χ2v) is 7.33. The number of anilines is 1. The smallest absolute Gasteiger partial charge is 0.300 e. The number of aryl methyl sites for hydroxylation is 1. The molecule has 1 fully saturated rings. The standard InChI is InChI=1S/C25H22N2O5/c1-15-14-17(4-9-20(15)32-3)23(28)21-22(16-10-12-26-13-11-16)27(25(30)24(21)29)18-5-7-19(31-2)8-6-18/h4-14,22,28H,1-3H3/b23-21-. The third-order valence-corrected chi connectivity index (χ3v) is 5.49. The highest BCUT2D eigenvalue weighted by Crippen LogP contribution is 2.42. The Balaban J connectivity index is 1.90. The van der Waals surface area contributed by atoms with Crippen molar-refractivity contribution < 1.29 is 24.2 Å². The molecule has 1 aromatic heterocycles. The van der Waals surface area contributed by atoms with Crippen LogP contribution in [-0.4, -0.2) is 36.0 Å². The topological polar surface area (TPSA) is 89.0 Å². The molecule has 1 aliphatic heterocycles. The highest BCUT2D eigenvalue weighted by Gasteiger charge is 2.47. The Hall–Kier alpha value is -4.13. The summed E-state index contributed by atoms with van der Waals surface area (Å²) in [6.07, 6.45) is 3.17. The molecule has 1 saturated heterocycles. The van der Waals surface area contributed by atoms with Crippen molar-refractivity contribution in [3.8, 4) is 11.5 Å². The zero-order chi connectivity index (χ0) is 22.8. The third-order valence-electron chi connectivity index (χ3n) is 5.49. The Kier molecular flexibility index (Phi) is 5.64. The average Bonchev–Trinajstić information content (AvgIpc) is 3.09. The summed E-state index contributed by atoms with van der Waals surface area (Å²) in [5.74, 6) is -0.435. The van der Waals surface area contributed by atoms with Gasteiger partial charge in [-0.15, -0.1) is 0 Å². The third kappa shape index (κ3) is 3.58. The van der Waals surface area contributed by atoms with Crippen LogP contribution in [0.15, 0.2) is 72.6 Å². The van der Waals surface area contributed by atoms with Gasteiger partial charge in [0.15, 0.2) is 0 Å². The summed E-state index contributed by atoms with van der Waals surface area (Å²) in [6.45, 7) is 1.84. The molecule has 1 amide bonds. The molecule has 1 unspecified atom stereocenters. The number of hydrogen-bond acceptors (Lipinski definition) is 6. The van der Waals surface area contributed by atoms with E-state index < -0.39 is 17.7 Å². The molecule has 1 aliphatic rings. The van der Waals surface area contributed by atoms with E-state index in [-0.39, 0.29) is 11.3 Å². The van der Waals surface area contributed by atoms with Crippen molar-refractivity contribution >= 4 is 23.1 Å². The van der Waals surface area contributed by atoms with Gasteiger partial charge in [-0.2, -0.15) is 0 Å². The van der Waals surface area contributed by atoms with Crippen LogP contribution < -0.4 is 14.4 Å². The predicted molar refractivity (Wildman–Crippen MR) is 120 cm³/mol. The molecule has 0 radical (unpaired) electrons. The van der Waals surface area contributed by atoms with Crippen molar-refractivity contribution in [2.45, 2.75) is 13.0 Å². The fraction of sp³-hybridized carbons (Fsp3) is 0.160. The zero-order valence-corrected chi connectivity index (χ0v) is 17.9. The maximum atomic E-state index is 13.1. The lowest BCUT2D eigenvalue weighted by molar-refractivity contribution is -0.132. The number of benzene rings is 2. The molecule has 162 valence electrons. The maximum Gasteiger partial charge on any atom is 0.300 e. The Morgan fingerprint density at radius 3 is 2.25 bits per heavy atom. The minimum Gasteiger partial charge on any atom is -0.507 e. The van der Waals surface area contributed by atoms with E-state index in [1.807, 2.05) is 6.92 Å². The van der Waals surface area contributed by atoms with Crippen molar-refractivity contribution in [3.63, 3.8) is 0 Å². The quantitative estimate of drug-likeness (QED) is 0.373. The Morgan fingerprint density at radius 2 is 1.66 bits per heavy atom. The Bertz CT molecular complexity index is 1200. The highest BCUT2D eigenvalue weighted by molar-refractivity contribution is 6.51. The van der Waals surface area contributed by atoms with E-state index >= 15 is 0 Å². The van der Waals surface area contributed by atoms with E-state index in [1.54, 1.807) is 81.2 Å². The van der Waals surface area contributed by atoms with Gasteiger partial charge in [0.1, 0.15) is 17.3 Å². The number of rotatable bonds is 5. The second-order valence-electron chi connectivity index (χ2n) is 7.33. The number of methoxy groups -OCH3 is 2. The van der Waals surface area contributed by atoms with Gasteiger partial charge in [0.2, 0.25) is 0 Å². The lowest BCUT2D eigenvalue weighted by atomic mass is 9.95. The van der Waals surface area contributed by atoms with Crippen LogP contribution in [0.2, 0.25) is 0 Å². The number of aromatic nitrogens is 1. The van der Waals surface area contributed by atoms with Gasteiger partial charge >= 0.3 is 0 Å². The van der Waals surface area contributed by atoms with E-state index in [1.165, 1.54) is 4.90 Å². The molecule has 1 atom stereocenters. The molecule has 32 heavy (non-hydrogen) atoms. The van der Waals surface area contributed by atoms with Gasteiger partial charge in [0.05, 0.1) is 25.8 Å². The number of hydrogen-bond donors (Lipinski definition) is 1. The summed E-state index contributed by atoms with van der Waals surface area (Å²) in [7, 11) is 3.11. The van der Waals surface area contributed by atoms with Crippen LogP contribution >= 0.6 is 0 Å². The van der Waals surface area contributed by atoms with Gasteiger partial charge in [0.25, 0.3) is 11.7 Å². The first-order chi connectivity index (χ1) is 15.5. The minimum atomic E-state index is -0.811. The lowest BCUT2D eigenvalue weighted by Crippen LogP contribution is -2.29. The van der Waals surface area contributed by atoms with Crippen LogP contribution in [0.4, 0.5) is 5.69 Å². The van der Waals surface area contributed by atoms with Gasteiger partial charge in [-0.1, -0.05) is 0 Å². The Labute approximate surface area is 185 Å². The highest BCUT2D eigenvalue weighted by atomic mass is 16.5. The number of Topliss-reactive ketones (excluding diaryl/α,β-unsaturated/α-hetero) is 1. The van der Waals surface area contributed by atoms with E-state index in [0.717, 1.165) is 5.56 Å². The summed E-state index contributed by atoms with van der Waals surface area (Å²) in [5.41, 5.74) is 2.40. The van der Waals surface area contributed by atoms with Gasteiger partial charge in [-0.05, 0) is 72.6 Å². The van der Waals surface area contributed by atoms with Crippen LogP contribution in [0.1, 0.15) is 22.7 Å². The Morgan fingerprint density at radius 1 is 0.969 bits per heavy atom. The van der Waals surface area contributed by atoms with Crippen molar-refractivity contribution in [2.75, 3.05) is 19.1 Å². The summed E-state index contributed by atoms with van der Waals surface area (Å²) >= 11 is 0. The molecular formula is C25H22N2O5. The molecule has 7 nitrogen and oxygen atoms in total. The molecule has 2 aromatic carbocycles. The molecule has 0 aliphatic carbocycles. The monoisotopic (exact) mass is 430 g/mol. The van der Waals surface area contributed by atoms with Crippen molar-refractivity contribution in [2.24, 2.45) is 0 Å². The van der Waals surface area contributed by atoms with E-state index in [4.69, 9.17) is 9.47 Å². The normalized spacial score (nSPS) is 17.5. The number of ether oxygens (including phenoxy) is 2. The van der Waals surface area contributed by atoms with E-state index in [9.17, 15) is 14.7 Å². The molecule has 0 saturated carbocycles. The van der Waals surface area contributed by atoms with Crippen LogP contribution in [0.25, 0.3) is 5.76 Å². The first-order valence-corrected chi connectivity index (χ1v) is 9.96. The van der Waals surface area contributed by atoms with Crippen LogP contribution in [-0.2, 0) is 9.59 Å². The largest absolute Gasteiger partial charge is 0.507 e. The molecule has 7 heteroatoms. The molecule has 3 aromatic rings. The minimum absolute atomic E-state index is 0.0154. The van der Waals surface area contributed by atoms with E-state index in [0.29, 0.717) is 28.3 Å². The lowest BCUT2D eigenvalue weighted by Gasteiger charge is -2.25. The number of carbonyl (C=O) groups is 2. The first-order valence-electron chi connectivity index (χ1n) is 9.96. The molecule has 1 N–H and O–H groups in total.